The summed E-state index contributed by atoms with van der Waals surface area (Å²) in [6.07, 6.45) is 1.58. The first-order valence-corrected chi connectivity index (χ1v) is 12.5. The Kier molecular flexibility index (Phi) is 6.87. The molecule has 34 heavy (non-hydrogen) atoms. The lowest BCUT2D eigenvalue weighted by Crippen LogP contribution is -2.28. The number of aromatic nitrogens is 2. The highest BCUT2D eigenvalue weighted by Gasteiger charge is 2.21. The molecule has 0 spiro atoms. The lowest BCUT2D eigenvalue weighted by molar-refractivity contribution is -0.124. The van der Waals surface area contributed by atoms with Gasteiger partial charge in [-0.1, -0.05) is 36.4 Å². The largest absolute Gasteiger partial charge is 0.452 e. The number of primary sulfonamides is 1. The number of hydrogen-bond acceptors (Lipinski definition) is 7. The molecule has 4 rings (SSSR count). The first-order chi connectivity index (χ1) is 16.3. The third kappa shape index (κ3) is 5.57. The molecule has 4 aromatic rings. The van der Waals surface area contributed by atoms with Gasteiger partial charge < -0.3 is 10.1 Å². The van der Waals surface area contributed by atoms with E-state index in [0.717, 1.165) is 10.6 Å². The number of ether oxygens (including phenoxy) is 1. The fourth-order valence-electron chi connectivity index (χ4n) is 3.09. The normalized spacial score (nSPS) is 11.2. The quantitative estimate of drug-likeness (QED) is 0.360. The van der Waals surface area contributed by atoms with Crippen LogP contribution < -0.4 is 10.5 Å². The zero-order valence-electron chi connectivity index (χ0n) is 17.7. The summed E-state index contributed by atoms with van der Waals surface area (Å²) in [6.45, 7) is -0.345. The Balaban J connectivity index is 1.40. The van der Waals surface area contributed by atoms with Crippen LogP contribution in [0.2, 0.25) is 0 Å². The van der Waals surface area contributed by atoms with Gasteiger partial charge in [0.15, 0.2) is 6.61 Å². The van der Waals surface area contributed by atoms with E-state index in [-0.39, 0.29) is 17.0 Å². The molecule has 0 saturated heterocycles. The van der Waals surface area contributed by atoms with Gasteiger partial charge in [-0.15, -0.1) is 11.3 Å². The number of nitrogens with zero attached hydrogens (tertiary/aromatic N) is 2. The molecule has 2 aromatic heterocycles. The van der Waals surface area contributed by atoms with E-state index in [0.29, 0.717) is 11.3 Å². The number of amides is 1. The Morgan fingerprint density at radius 3 is 2.41 bits per heavy atom. The van der Waals surface area contributed by atoms with Crippen molar-refractivity contribution in [3.8, 4) is 16.3 Å². The molecule has 11 heteroatoms. The molecule has 0 aliphatic carbocycles. The first-order valence-electron chi connectivity index (χ1n) is 10.1. The molecule has 0 radical (unpaired) electrons. The van der Waals surface area contributed by atoms with Crippen molar-refractivity contribution in [3.63, 3.8) is 0 Å². The topological polar surface area (TPSA) is 133 Å². The smallest absolute Gasteiger partial charge is 0.342 e. The number of nitrogens with two attached hydrogens (primary N) is 1. The molecule has 2 aromatic carbocycles. The fraction of sp³-hybridized carbons (Fsp3) is 0.0870. The molecule has 0 fully saturated rings. The van der Waals surface area contributed by atoms with Gasteiger partial charge in [0.1, 0.15) is 11.3 Å². The second-order valence-electron chi connectivity index (χ2n) is 7.19. The number of carbonyl (C=O) groups is 2. The number of nitrogens with one attached hydrogen (secondary N) is 1. The molecule has 0 atom stereocenters. The molecule has 0 aliphatic heterocycles. The average molecular weight is 497 g/mol. The van der Waals surface area contributed by atoms with Gasteiger partial charge in [-0.3, -0.25) is 4.79 Å². The molecule has 9 nitrogen and oxygen atoms in total. The van der Waals surface area contributed by atoms with Crippen LogP contribution in [0.15, 0.2) is 83.2 Å². The van der Waals surface area contributed by atoms with Crippen molar-refractivity contribution in [3.05, 3.63) is 89.4 Å². The van der Waals surface area contributed by atoms with Crippen molar-refractivity contribution >= 4 is 33.2 Å². The molecule has 0 bridgehead atoms. The third-order valence-corrected chi connectivity index (χ3v) is 6.59. The predicted molar refractivity (Wildman–Crippen MR) is 127 cm³/mol. The maximum absolute atomic E-state index is 12.8. The van der Waals surface area contributed by atoms with Crippen molar-refractivity contribution < 1.29 is 22.7 Å². The zero-order chi connectivity index (χ0) is 24.1. The number of carbonyl (C=O) groups excluding carboxylic acids is 2. The van der Waals surface area contributed by atoms with Crippen LogP contribution in [0, 0.1) is 0 Å². The standard InChI is InChI=1S/C23H20N4O5S2/c24-34(30,31)18-10-8-16(9-11-18)13-25-21(28)15-32-23(29)19-14-27(17-5-2-1-3-6-17)26-22(19)20-7-4-12-33-20/h1-12,14H,13,15H2,(H,25,28)(H2,24,30,31). The van der Waals surface area contributed by atoms with Crippen LogP contribution in [-0.2, 0) is 26.1 Å². The Morgan fingerprint density at radius 2 is 1.76 bits per heavy atom. The first kappa shape index (κ1) is 23.4. The number of thiophene rings is 1. The van der Waals surface area contributed by atoms with Crippen LogP contribution in [0.25, 0.3) is 16.3 Å². The van der Waals surface area contributed by atoms with E-state index in [9.17, 15) is 18.0 Å². The van der Waals surface area contributed by atoms with Gasteiger partial charge in [0.05, 0.1) is 15.5 Å². The SMILES string of the molecule is NS(=O)(=O)c1ccc(CNC(=O)COC(=O)c2cn(-c3ccccc3)nc2-c2cccs2)cc1. The molecule has 1 amide bonds. The molecule has 3 N–H and O–H groups in total. The lowest BCUT2D eigenvalue weighted by atomic mass is 10.2. The van der Waals surface area contributed by atoms with E-state index in [2.05, 4.69) is 10.4 Å². The van der Waals surface area contributed by atoms with Gasteiger partial charge in [0, 0.05) is 12.7 Å². The van der Waals surface area contributed by atoms with Crippen molar-refractivity contribution in [2.75, 3.05) is 6.61 Å². The Bertz CT molecular complexity index is 1400. The number of esters is 1. The molecular weight excluding hydrogens is 476 g/mol. The Morgan fingerprint density at radius 1 is 1.03 bits per heavy atom. The summed E-state index contributed by atoms with van der Waals surface area (Å²) < 4.78 is 29.5. The predicted octanol–water partition coefficient (Wildman–Crippen LogP) is 2.72. The minimum absolute atomic E-state index is 0.0194. The van der Waals surface area contributed by atoms with Crippen molar-refractivity contribution in [1.29, 1.82) is 0 Å². The van der Waals surface area contributed by atoms with Gasteiger partial charge in [-0.2, -0.15) is 5.10 Å². The third-order valence-electron chi connectivity index (χ3n) is 4.79. The molecule has 0 aliphatic rings. The summed E-state index contributed by atoms with van der Waals surface area (Å²) in [5, 5.41) is 14.1. The summed E-state index contributed by atoms with van der Waals surface area (Å²) in [5.41, 5.74) is 2.17. The summed E-state index contributed by atoms with van der Waals surface area (Å²) in [4.78, 5) is 25.8. The second kappa shape index (κ2) is 10.00. The van der Waals surface area contributed by atoms with E-state index in [1.807, 2.05) is 47.8 Å². The minimum atomic E-state index is -3.78. The average Bonchev–Trinajstić information content (AvgIpc) is 3.51. The van der Waals surface area contributed by atoms with Crippen LogP contribution in [0.4, 0.5) is 0 Å². The maximum atomic E-state index is 12.8. The van der Waals surface area contributed by atoms with E-state index in [4.69, 9.17) is 9.88 Å². The van der Waals surface area contributed by atoms with Gasteiger partial charge in [-0.05, 0) is 41.3 Å². The highest BCUT2D eigenvalue weighted by atomic mass is 32.2. The highest BCUT2D eigenvalue weighted by Crippen LogP contribution is 2.28. The van der Waals surface area contributed by atoms with E-state index >= 15 is 0 Å². The van der Waals surface area contributed by atoms with Crippen LogP contribution in [-0.4, -0.2) is 36.7 Å². The van der Waals surface area contributed by atoms with Gasteiger partial charge in [-0.25, -0.2) is 23.0 Å². The van der Waals surface area contributed by atoms with Gasteiger partial charge in [0.2, 0.25) is 10.0 Å². The number of hydrogen-bond donors (Lipinski definition) is 2. The van der Waals surface area contributed by atoms with Crippen molar-refractivity contribution in [2.24, 2.45) is 5.14 Å². The monoisotopic (exact) mass is 496 g/mol. The lowest BCUT2D eigenvalue weighted by Gasteiger charge is -2.07. The Hall–Kier alpha value is -3.80. The number of para-hydroxylation sites is 1. The summed E-state index contributed by atoms with van der Waals surface area (Å²) in [7, 11) is -3.78. The zero-order valence-corrected chi connectivity index (χ0v) is 19.4. The number of sulfonamides is 1. The molecular formula is C23H20N4O5S2. The summed E-state index contributed by atoms with van der Waals surface area (Å²) in [5.74, 6) is -1.17. The van der Waals surface area contributed by atoms with Crippen LogP contribution >= 0.6 is 11.3 Å². The maximum Gasteiger partial charge on any atom is 0.342 e. The summed E-state index contributed by atoms with van der Waals surface area (Å²) >= 11 is 1.44. The number of benzene rings is 2. The van der Waals surface area contributed by atoms with E-state index in [1.54, 1.807) is 10.9 Å². The number of rotatable bonds is 8. The highest BCUT2D eigenvalue weighted by molar-refractivity contribution is 7.89. The van der Waals surface area contributed by atoms with Crippen molar-refractivity contribution in [1.82, 2.24) is 15.1 Å². The van der Waals surface area contributed by atoms with Crippen LogP contribution in [0.5, 0.6) is 0 Å². The molecule has 2 heterocycles. The van der Waals surface area contributed by atoms with E-state index in [1.165, 1.54) is 35.6 Å². The summed E-state index contributed by atoms with van der Waals surface area (Å²) in [6, 6.07) is 18.9. The minimum Gasteiger partial charge on any atom is -0.452 e. The molecule has 0 saturated carbocycles. The van der Waals surface area contributed by atoms with Gasteiger partial charge >= 0.3 is 5.97 Å². The Labute approximate surface area is 199 Å². The van der Waals surface area contributed by atoms with Crippen LogP contribution in [0.1, 0.15) is 15.9 Å². The second-order valence-corrected chi connectivity index (χ2v) is 9.70. The van der Waals surface area contributed by atoms with Gasteiger partial charge in [0.25, 0.3) is 5.91 Å². The molecule has 174 valence electrons. The van der Waals surface area contributed by atoms with Crippen molar-refractivity contribution in [2.45, 2.75) is 11.4 Å². The molecule has 0 unspecified atom stereocenters. The van der Waals surface area contributed by atoms with E-state index < -0.39 is 28.5 Å². The fourth-order valence-corrected chi connectivity index (χ4v) is 4.33. The van der Waals surface area contributed by atoms with Crippen LogP contribution in [0.3, 0.4) is 0 Å².